The predicted molar refractivity (Wildman–Crippen MR) is 78.4 cm³/mol. The Labute approximate surface area is 115 Å². The van der Waals surface area contributed by atoms with E-state index in [9.17, 15) is 10.2 Å². The fourth-order valence-electron chi connectivity index (χ4n) is 3.07. The zero-order valence-electron chi connectivity index (χ0n) is 11.8. The molecule has 0 bridgehead atoms. The van der Waals surface area contributed by atoms with Crippen LogP contribution in [0.4, 0.5) is 5.69 Å². The van der Waals surface area contributed by atoms with Crippen molar-refractivity contribution in [1.82, 2.24) is 0 Å². The molecule has 1 aliphatic carbocycles. The minimum absolute atomic E-state index is 0.160. The molecule has 2 N–H and O–H groups in total. The second-order valence-corrected chi connectivity index (χ2v) is 5.34. The first-order valence-corrected chi connectivity index (χ1v) is 7.42. The van der Waals surface area contributed by atoms with Crippen LogP contribution in [0.1, 0.15) is 50.7 Å². The largest absolute Gasteiger partial charge is 0.395 e. The van der Waals surface area contributed by atoms with E-state index in [1.165, 1.54) is 25.7 Å². The minimum Gasteiger partial charge on any atom is -0.395 e. The Bertz CT molecular complexity index is 388. The first-order chi connectivity index (χ1) is 9.27. The second kappa shape index (κ2) is 6.92. The number of para-hydroxylation sites is 1. The van der Waals surface area contributed by atoms with Crippen molar-refractivity contribution in [2.45, 2.75) is 51.2 Å². The molecule has 0 aromatic heterocycles. The van der Waals surface area contributed by atoms with Gasteiger partial charge in [-0.15, -0.1) is 0 Å². The van der Waals surface area contributed by atoms with Crippen LogP contribution in [-0.4, -0.2) is 29.4 Å². The summed E-state index contributed by atoms with van der Waals surface area (Å²) in [6, 6.07) is 8.58. The molecule has 1 atom stereocenters. The van der Waals surface area contributed by atoms with Crippen LogP contribution in [0.15, 0.2) is 24.3 Å². The molecule has 3 heteroatoms. The van der Waals surface area contributed by atoms with Crippen LogP contribution >= 0.6 is 0 Å². The Kier molecular flexibility index (Phi) is 5.23. The summed E-state index contributed by atoms with van der Waals surface area (Å²) in [7, 11) is 0. The normalized spacial score (nSPS) is 17.6. The van der Waals surface area contributed by atoms with Crippen molar-refractivity contribution >= 4 is 5.69 Å². The lowest BCUT2D eigenvalue weighted by Gasteiger charge is -2.33. The van der Waals surface area contributed by atoms with Gasteiger partial charge in [0.25, 0.3) is 0 Å². The maximum absolute atomic E-state index is 10.2. The van der Waals surface area contributed by atoms with Crippen molar-refractivity contribution in [3.05, 3.63) is 29.8 Å². The monoisotopic (exact) mass is 263 g/mol. The second-order valence-electron chi connectivity index (χ2n) is 5.34. The van der Waals surface area contributed by atoms with Gasteiger partial charge < -0.3 is 15.1 Å². The highest BCUT2D eigenvalue weighted by atomic mass is 16.3. The molecule has 1 aromatic carbocycles. The van der Waals surface area contributed by atoms with E-state index < -0.39 is 6.10 Å². The van der Waals surface area contributed by atoms with Crippen LogP contribution in [0.5, 0.6) is 0 Å². The molecule has 1 aromatic rings. The molecule has 1 fully saturated rings. The third kappa shape index (κ3) is 3.28. The van der Waals surface area contributed by atoms with E-state index in [1.54, 1.807) is 0 Å². The van der Waals surface area contributed by atoms with Crippen LogP contribution in [0.3, 0.4) is 0 Å². The van der Waals surface area contributed by atoms with Gasteiger partial charge in [0.05, 0.1) is 12.7 Å². The van der Waals surface area contributed by atoms with Gasteiger partial charge in [-0.05, 0) is 25.3 Å². The zero-order valence-corrected chi connectivity index (χ0v) is 11.8. The molecule has 0 saturated heterocycles. The predicted octanol–water partition coefficient (Wildman–Crippen LogP) is 2.87. The molecule has 0 amide bonds. The number of aliphatic hydroxyl groups is 2. The number of hydrogen-bond donors (Lipinski definition) is 2. The molecule has 106 valence electrons. The van der Waals surface area contributed by atoms with Crippen LogP contribution in [0, 0.1) is 0 Å². The number of aliphatic hydroxyl groups excluding tert-OH is 2. The fourth-order valence-corrected chi connectivity index (χ4v) is 3.07. The maximum atomic E-state index is 10.2. The third-order valence-corrected chi connectivity index (χ3v) is 4.10. The topological polar surface area (TPSA) is 43.7 Å². The minimum atomic E-state index is -0.418. The Morgan fingerprint density at radius 2 is 1.95 bits per heavy atom. The highest BCUT2D eigenvalue weighted by molar-refractivity contribution is 5.55. The lowest BCUT2D eigenvalue weighted by atomic mass is 10.0. The molecular weight excluding hydrogens is 238 g/mol. The molecule has 0 heterocycles. The van der Waals surface area contributed by atoms with Crippen molar-refractivity contribution in [1.29, 1.82) is 0 Å². The molecule has 1 saturated carbocycles. The van der Waals surface area contributed by atoms with Gasteiger partial charge in [0.15, 0.2) is 0 Å². The Hall–Kier alpha value is -1.06. The summed E-state index contributed by atoms with van der Waals surface area (Å²) in [5.41, 5.74) is 2.09. The summed E-state index contributed by atoms with van der Waals surface area (Å²) in [6.07, 6.45) is 5.22. The van der Waals surface area contributed by atoms with Crippen molar-refractivity contribution < 1.29 is 10.2 Å². The molecule has 3 nitrogen and oxygen atoms in total. The van der Waals surface area contributed by atoms with Crippen LogP contribution in [-0.2, 0) is 0 Å². The summed E-state index contributed by atoms with van der Waals surface area (Å²) in [5, 5.41) is 19.5. The van der Waals surface area contributed by atoms with Crippen LogP contribution in [0.2, 0.25) is 0 Å². The van der Waals surface area contributed by atoms with Crippen molar-refractivity contribution in [3.8, 4) is 0 Å². The highest BCUT2D eigenvalue weighted by Gasteiger charge is 2.25. The lowest BCUT2D eigenvalue weighted by molar-refractivity contribution is 0.173. The molecule has 19 heavy (non-hydrogen) atoms. The van der Waals surface area contributed by atoms with Gasteiger partial charge in [0.2, 0.25) is 0 Å². The van der Waals surface area contributed by atoms with Gasteiger partial charge in [0.1, 0.15) is 0 Å². The summed E-state index contributed by atoms with van der Waals surface area (Å²) in [4.78, 5) is 2.29. The Morgan fingerprint density at radius 1 is 1.26 bits per heavy atom. The maximum Gasteiger partial charge on any atom is 0.0807 e. The van der Waals surface area contributed by atoms with E-state index in [-0.39, 0.29) is 6.61 Å². The summed E-state index contributed by atoms with van der Waals surface area (Å²) < 4.78 is 0. The number of rotatable bonds is 6. The van der Waals surface area contributed by atoms with E-state index in [2.05, 4.69) is 11.0 Å². The van der Waals surface area contributed by atoms with Gasteiger partial charge in [-0.1, -0.05) is 38.0 Å². The smallest absolute Gasteiger partial charge is 0.0807 e. The van der Waals surface area contributed by atoms with Crippen LogP contribution < -0.4 is 4.90 Å². The van der Waals surface area contributed by atoms with E-state index in [0.717, 1.165) is 11.3 Å². The average Bonchev–Trinajstić information content (AvgIpc) is 2.98. The SMILES string of the molecule is CCC(O)c1ccccc1N(CCO)C1CCCC1. The van der Waals surface area contributed by atoms with Crippen LogP contribution in [0.25, 0.3) is 0 Å². The Morgan fingerprint density at radius 3 is 2.58 bits per heavy atom. The first-order valence-electron chi connectivity index (χ1n) is 7.42. The summed E-state index contributed by atoms with van der Waals surface area (Å²) in [6.45, 7) is 2.80. The van der Waals surface area contributed by atoms with E-state index in [1.807, 2.05) is 25.1 Å². The molecule has 1 unspecified atom stereocenters. The average molecular weight is 263 g/mol. The molecule has 0 spiro atoms. The molecule has 0 aliphatic heterocycles. The molecule has 0 radical (unpaired) electrons. The van der Waals surface area contributed by atoms with Gasteiger partial charge in [-0.25, -0.2) is 0 Å². The summed E-state index contributed by atoms with van der Waals surface area (Å²) in [5.74, 6) is 0. The van der Waals surface area contributed by atoms with Gasteiger partial charge in [-0.3, -0.25) is 0 Å². The molecule has 1 aliphatic rings. The zero-order chi connectivity index (χ0) is 13.7. The van der Waals surface area contributed by atoms with Gasteiger partial charge >= 0.3 is 0 Å². The van der Waals surface area contributed by atoms with Gasteiger partial charge in [0, 0.05) is 23.8 Å². The quantitative estimate of drug-likeness (QED) is 0.829. The van der Waals surface area contributed by atoms with Crippen molar-refractivity contribution in [3.63, 3.8) is 0 Å². The molecular formula is C16H25NO2. The summed E-state index contributed by atoms with van der Waals surface area (Å²) >= 11 is 0. The number of anilines is 1. The number of benzene rings is 1. The first kappa shape index (κ1) is 14.4. The number of nitrogens with zero attached hydrogens (tertiary/aromatic N) is 1. The van der Waals surface area contributed by atoms with Crippen molar-refractivity contribution in [2.75, 3.05) is 18.1 Å². The van der Waals surface area contributed by atoms with E-state index in [4.69, 9.17) is 0 Å². The highest BCUT2D eigenvalue weighted by Crippen LogP contribution is 2.33. The van der Waals surface area contributed by atoms with E-state index in [0.29, 0.717) is 19.0 Å². The third-order valence-electron chi connectivity index (χ3n) is 4.10. The van der Waals surface area contributed by atoms with Crippen molar-refractivity contribution in [2.24, 2.45) is 0 Å². The number of hydrogen-bond acceptors (Lipinski definition) is 3. The molecule has 2 rings (SSSR count). The van der Waals surface area contributed by atoms with Gasteiger partial charge in [-0.2, -0.15) is 0 Å². The lowest BCUT2D eigenvalue weighted by Crippen LogP contribution is -2.36. The van der Waals surface area contributed by atoms with E-state index >= 15 is 0 Å². The standard InChI is InChI=1S/C16H25NO2/c1-2-16(19)14-9-5-6-10-15(14)17(11-12-18)13-7-3-4-8-13/h5-6,9-10,13,16,18-19H,2-4,7-8,11-12H2,1H3. The Balaban J connectivity index is 2.29. The fraction of sp³-hybridized carbons (Fsp3) is 0.625.